The molecule has 1 unspecified atom stereocenters. The molecule has 0 saturated carbocycles. The fraction of sp³-hybridized carbons (Fsp3) is 0.333. The van der Waals surface area contributed by atoms with Crippen molar-refractivity contribution in [2.24, 2.45) is 11.1 Å². The molecule has 0 fully saturated rings. The number of benzene rings is 3. The number of methoxy groups -OCH3 is 3. The third-order valence-corrected chi connectivity index (χ3v) is 6.70. The Bertz CT molecular complexity index is 1280. The van der Waals surface area contributed by atoms with Gasteiger partial charge >= 0.3 is 0 Å². The van der Waals surface area contributed by atoms with E-state index in [1.165, 1.54) is 31.3 Å². The van der Waals surface area contributed by atoms with Gasteiger partial charge in [-0.1, -0.05) is 45.0 Å². The predicted octanol–water partition coefficient (Wildman–Crippen LogP) is 4.81. The number of anilines is 1. The van der Waals surface area contributed by atoms with Crippen molar-refractivity contribution in [2.75, 3.05) is 26.2 Å². The predicted molar refractivity (Wildman–Crippen MR) is 147 cm³/mol. The van der Waals surface area contributed by atoms with Gasteiger partial charge in [0.2, 0.25) is 11.8 Å². The molecular weight excluding hydrogens is 484 g/mol. The number of hydrogen-bond acceptors (Lipinski definition) is 6. The quantitative estimate of drug-likeness (QED) is 0.397. The van der Waals surface area contributed by atoms with Crippen molar-refractivity contribution in [2.45, 2.75) is 39.2 Å². The van der Waals surface area contributed by atoms with Gasteiger partial charge in [-0.3, -0.25) is 14.5 Å². The second kappa shape index (κ2) is 11.5. The van der Waals surface area contributed by atoms with E-state index in [-0.39, 0.29) is 18.1 Å². The lowest BCUT2D eigenvalue weighted by molar-refractivity contribution is -0.133. The van der Waals surface area contributed by atoms with Gasteiger partial charge in [0.15, 0.2) is 17.0 Å². The molecule has 1 atom stereocenters. The highest BCUT2D eigenvalue weighted by molar-refractivity contribution is 6.04. The Balaban J connectivity index is 2.24. The van der Waals surface area contributed by atoms with Crippen LogP contribution < -0.4 is 24.8 Å². The van der Waals surface area contributed by atoms with Gasteiger partial charge in [-0.25, -0.2) is 0 Å². The van der Waals surface area contributed by atoms with Crippen molar-refractivity contribution < 1.29 is 28.9 Å². The van der Waals surface area contributed by atoms with E-state index in [9.17, 15) is 14.7 Å². The van der Waals surface area contributed by atoms with Crippen molar-refractivity contribution in [1.29, 1.82) is 0 Å². The van der Waals surface area contributed by atoms with Crippen molar-refractivity contribution in [3.8, 4) is 23.0 Å². The monoisotopic (exact) mass is 520 g/mol. The molecule has 3 aromatic rings. The van der Waals surface area contributed by atoms with Crippen molar-refractivity contribution in [1.82, 2.24) is 0 Å². The first-order chi connectivity index (χ1) is 18.0. The van der Waals surface area contributed by atoms with E-state index in [2.05, 4.69) is 0 Å². The van der Waals surface area contributed by atoms with E-state index in [0.717, 1.165) is 5.56 Å². The number of amides is 2. The smallest absolute Gasteiger partial charge is 0.248 e. The molecule has 3 aromatic carbocycles. The molecule has 0 aliphatic heterocycles. The number of phenols is 1. The highest BCUT2D eigenvalue weighted by atomic mass is 16.5. The summed E-state index contributed by atoms with van der Waals surface area (Å²) in [5, 5.41) is 9.97. The summed E-state index contributed by atoms with van der Waals surface area (Å²) in [5.74, 6) is 0.570. The number of carbonyl (C=O) groups is 2. The summed E-state index contributed by atoms with van der Waals surface area (Å²) in [5.41, 5.74) is 5.52. The zero-order chi connectivity index (χ0) is 28.1. The van der Waals surface area contributed by atoms with E-state index < -0.39 is 16.9 Å². The highest BCUT2D eigenvalue weighted by Crippen LogP contribution is 2.48. The maximum Gasteiger partial charge on any atom is 0.248 e. The summed E-state index contributed by atoms with van der Waals surface area (Å²) in [4.78, 5) is 29.3. The van der Waals surface area contributed by atoms with E-state index in [0.29, 0.717) is 34.9 Å². The summed E-state index contributed by atoms with van der Waals surface area (Å²) in [6.07, 6.45) is 0.499. The first-order valence-electron chi connectivity index (χ1n) is 12.3. The minimum absolute atomic E-state index is 0.0306. The lowest BCUT2D eigenvalue weighted by Crippen LogP contribution is -2.64. The fourth-order valence-corrected chi connectivity index (χ4v) is 4.90. The average molecular weight is 521 g/mol. The van der Waals surface area contributed by atoms with Crippen molar-refractivity contribution in [3.63, 3.8) is 0 Å². The van der Waals surface area contributed by atoms with Crippen LogP contribution in [0, 0.1) is 5.41 Å². The number of aryl methyl sites for hydroxylation is 1. The van der Waals surface area contributed by atoms with Crippen LogP contribution in [0.2, 0.25) is 0 Å². The molecule has 38 heavy (non-hydrogen) atoms. The Hall–Kier alpha value is -4.20. The number of rotatable bonds is 10. The summed E-state index contributed by atoms with van der Waals surface area (Å²) in [6, 6.07) is 18.7. The number of hydrogen-bond donors (Lipinski definition) is 2. The van der Waals surface area contributed by atoms with E-state index in [1.54, 1.807) is 37.4 Å². The molecule has 0 heterocycles. The van der Waals surface area contributed by atoms with Crippen molar-refractivity contribution in [3.05, 3.63) is 77.9 Å². The normalized spacial score (nSPS) is 12.8. The number of aromatic hydroxyl groups is 1. The van der Waals surface area contributed by atoms with Gasteiger partial charge in [0.1, 0.15) is 11.5 Å². The van der Waals surface area contributed by atoms with Gasteiger partial charge in [-0.15, -0.1) is 0 Å². The molecule has 0 spiro atoms. The summed E-state index contributed by atoms with van der Waals surface area (Å²) < 4.78 is 16.2. The topological polar surface area (TPSA) is 111 Å². The third-order valence-electron chi connectivity index (χ3n) is 6.70. The van der Waals surface area contributed by atoms with Crippen LogP contribution in [0.25, 0.3) is 0 Å². The average Bonchev–Trinajstić information content (AvgIpc) is 2.89. The SMILES string of the molecule is COc1cccc(CCC(=O)N(c2ccc(OC)c(OC)c2)C(C(N)=O)(c2ccc(O)cc2)C(C)(C)C)c1. The van der Waals surface area contributed by atoms with Crippen LogP contribution in [0.3, 0.4) is 0 Å². The largest absolute Gasteiger partial charge is 0.508 e. The van der Waals surface area contributed by atoms with Crippen LogP contribution >= 0.6 is 0 Å². The first-order valence-corrected chi connectivity index (χ1v) is 12.3. The molecule has 0 radical (unpaired) electrons. The number of nitrogens with zero attached hydrogens (tertiary/aromatic N) is 1. The minimum atomic E-state index is -1.62. The van der Waals surface area contributed by atoms with Crippen LogP contribution in [0.15, 0.2) is 66.7 Å². The lowest BCUT2D eigenvalue weighted by atomic mass is 9.67. The molecule has 0 aromatic heterocycles. The Morgan fingerprint density at radius 3 is 2.08 bits per heavy atom. The summed E-state index contributed by atoms with van der Waals surface area (Å²) in [7, 11) is 4.61. The summed E-state index contributed by atoms with van der Waals surface area (Å²) >= 11 is 0. The Morgan fingerprint density at radius 1 is 0.868 bits per heavy atom. The minimum Gasteiger partial charge on any atom is -0.508 e. The number of nitrogens with two attached hydrogens (primary N) is 1. The third kappa shape index (κ3) is 5.39. The Labute approximate surface area is 223 Å². The van der Waals surface area contributed by atoms with Gasteiger partial charge in [0.05, 0.1) is 21.3 Å². The van der Waals surface area contributed by atoms with Gasteiger partial charge in [-0.05, 0) is 59.4 Å². The second-order valence-corrected chi connectivity index (χ2v) is 9.99. The highest BCUT2D eigenvalue weighted by Gasteiger charge is 2.55. The van der Waals surface area contributed by atoms with Crippen LogP contribution in [0.5, 0.6) is 23.0 Å². The maximum absolute atomic E-state index is 14.2. The zero-order valence-corrected chi connectivity index (χ0v) is 22.8. The van der Waals surface area contributed by atoms with Gasteiger partial charge < -0.3 is 25.1 Å². The van der Waals surface area contributed by atoms with Gasteiger partial charge in [0.25, 0.3) is 0 Å². The van der Waals surface area contributed by atoms with E-state index in [4.69, 9.17) is 19.9 Å². The lowest BCUT2D eigenvalue weighted by Gasteiger charge is -2.50. The molecule has 3 rings (SSSR count). The molecule has 8 heteroatoms. The number of primary amides is 1. The van der Waals surface area contributed by atoms with Gasteiger partial charge in [-0.2, -0.15) is 0 Å². The molecule has 0 aliphatic rings. The molecule has 0 saturated heterocycles. The first kappa shape index (κ1) is 28.4. The fourth-order valence-electron chi connectivity index (χ4n) is 4.90. The van der Waals surface area contributed by atoms with Gasteiger partial charge in [0, 0.05) is 18.2 Å². The van der Waals surface area contributed by atoms with Crippen LogP contribution in [0.1, 0.15) is 38.3 Å². The van der Waals surface area contributed by atoms with E-state index >= 15 is 0 Å². The zero-order valence-electron chi connectivity index (χ0n) is 22.8. The molecule has 0 aliphatic carbocycles. The van der Waals surface area contributed by atoms with E-state index in [1.807, 2.05) is 45.0 Å². The standard InChI is InChI=1S/C30H36N2O6/c1-29(2,3)30(28(31)35,21-11-14-23(33)15-12-21)32(22-13-16-25(37-5)26(19-22)38-6)27(34)17-10-20-8-7-9-24(18-20)36-4/h7-9,11-16,18-19,33H,10,17H2,1-6H3,(H2,31,35). The van der Waals surface area contributed by atoms with Crippen molar-refractivity contribution >= 4 is 17.5 Å². The Morgan fingerprint density at radius 2 is 1.53 bits per heavy atom. The number of carbonyl (C=O) groups excluding carboxylic acids is 2. The molecule has 0 bridgehead atoms. The molecule has 202 valence electrons. The molecule has 3 N–H and O–H groups in total. The maximum atomic E-state index is 14.2. The van der Waals surface area contributed by atoms with Crippen LogP contribution in [-0.4, -0.2) is 38.3 Å². The van der Waals surface area contributed by atoms with Crippen LogP contribution in [0.4, 0.5) is 5.69 Å². The Kier molecular flexibility index (Phi) is 8.56. The van der Waals surface area contributed by atoms with Crippen LogP contribution in [-0.2, 0) is 21.5 Å². The molecule has 2 amide bonds. The number of phenolic OH excluding ortho intramolecular Hbond substituents is 1. The molecular formula is C30H36N2O6. The number of ether oxygens (including phenoxy) is 3. The molecule has 8 nitrogen and oxygen atoms in total. The second-order valence-electron chi connectivity index (χ2n) is 9.99. The summed E-state index contributed by atoms with van der Waals surface area (Å²) in [6.45, 7) is 5.56.